The summed E-state index contributed by atoms with van der Waals surface area (Å²) in [5.74, 6) is 0.00539. The normalized spacial score (nSPS) is 18.4. The SMILES string of the molecule is CS(=O)(=O)OCC1CN(C(=O)O)C1. The Morgan fingerprint density at radius 3 is 2.54 bits per heavy atom. The van der Waals surface area contributed by atoms with Crippen LogP contribution in [0.2, 0.25) is 0 Å². The van der Waals surface area contributed by atoms with Crippen molar-refractivity contribution < 1.29 is 22.5 Å². The van der Waals surface area contributed by atoms with Crippen molar-refractivity contribution in [3.63, 3.8) is 0 Å². The first-order valence-electron chi connectivity index (χ1n) is 3.71. The summed E-state index contributed by atoms with van der Waals surface area (Å²) in [6, 6.07) is 0. The second-order valence-electron chi connectivity index (χ2n) is 3.04. The lowest BCUT2D eigenvalue weighted by atomic mass is 10.0. The van der Waals surface area contributed by atoms with E-state index in [0.717, 1.165) is 6.26 Å². The maximum atomic E-state index is 10.5. The van der Waals surface area contributed by atoms with Crippen molar-refractivity contribution in [2.75, 3.05) is 26.0 Å². The Morgan fingerprint density at radius 2 is 2.15 bits per heavy atom. The Bertz CT molecular complexity index is 292. The highest BCUT2D eigenvalue weighted by Gasteiger charge is 2.31. The number of hydrogen-bond acceptors (Lipinski definition) is 4. The van der Waals surface area contributed by atoms with Crippen molar-refractivity contribution in [1.82, 2.24) is 4.90 Å². The highest BCUT2D eigenvalue weighted by Crippen LogP contribution is 2.15. The summed E-state index contributed by atoms with van der Waals surface area (Å²) in [4.78, 5) is 11.5. The molecule has 0 unspecified atom stereocenters. The molecule has 0 aliphatic carbocycles. The van der Waals surface area contributed by atoms with Gasteiger partial charge in [0.05, 0.1) is 12.9 Å². The Balaban J connectivity index is 2.19. The lowest BCUT2D eigenvalue weighted by molar-refractivity contribution is 0.0603. The average molecular weight is 209 g/mol. The third-order valence-electron chi connectivity index (χ3n) is 1.75. The molecule has 0 radical (unpaired) electrons. The highest BCUT2D eigenvalue weighted by molar-refractivity contribution is 7.85. The summed E-state index contributed by atoms with van der Waals surface area (Å²) in [5, 5.41) is 8.45. The van der Waals surface area contributed by atoms with E-state index in [2.05, 4.69) is 4.18 Å². The third-order valence-corrected chi connectivity index (χ3v) is 2.31. The molecule has 76 valence electrons. The van der Waals surface area contributed by atoms with E-state index in [1.165, 1.54) is 4.90 Å². The van der Waals surface area contributed by atoms with Gasteiger partial charge >= 0.3 is 6.09 Å². The van der Waals surface area contributed by atoms with Gasteiger partial charge in [0.25, 0.3) is 10.1 Å². The Kier molecular flexibility index (Phi) is 2.77. The number of nitrogens with zero attached hydrogens (tertiary/aromatic N) is 1. The molecule has 0 aromatic rings. The molecule has 1 rings (SSSR count). The van der Waals surface area contributed by atoms with E-state index in [1.807, 2.05) is 0 Å². The van der Waals surface area contributed by atoms with Gasteiger partial charge in [0.2, 0.25) is 0 Å². The molecule has 1 saturated heterocycles. The smallest absolute Gasteiger partial charge is 0.407 e. The van der Waals surface area contributed by atoms with Gasteiger partial charge in [-0.3, -0.25) is 4.18 Å². The highest BCUT2D eigenvalue weighted by atomic mass is 32.2. The molecule has 6 nitrogen and oxygen atoms in total. The Labute approximate surface area is 76.2 Å². The summed E-state index contributed by atoms with van der Waals surface area (Å²) < 4.78 is 25.6. The van der Waals surface area contributed by atoms with Crippen LogP contribution in [-0.2, 0) is 14.3 Å². The average Bonchev–Trinajstić information content (AvgIpc) is 1.79. The maximum absolute atomic E-state index is 10.5. The molecule has 0 aromatic heterocycles. The zero-order valence-electron chi connectivity index (χ0n) is 7.13. The van der Waals surface area contributed by atoms with E-state index in [1.54, 1.807) is 0 Å². The van der Waals surface area contributed by atoms with Crippen LogP contribution in [0, 0.1) is 5.92 Å². The minimum Gasteiger partial charge on any atom is -0.465 e. The van der Waals surface area contributed by atoms with Gasteiger partial charge in [0.1, 0.15) is 0 Å². The first-order valence-corrected chi connectivity index (χ1v) is 5.52. The van der Waals surface area contributed by atoms with Gasteiger partial charge in [-0.25, -0.2) is 4.79 Å². The van der Waals surface area contributed by atoms with Crippen molar-refractivity contribution in [1.29, 1.82) is 0 Å². The fraction of sp³-hybridized carbons (Fsp3) is 0.833. The van der Waals surface area contributed by atoms with Gasteiger partial charge in [-0.05, 0) is 0 Å². The van der Waals surface area contributed by atoms with Crippen molar-refractivity contribution in [3.05, 3.63) is 0 Å². The third kappa shape index (κ3) is 3.19. The quantitative estimate of drug-likeness (QED) is 0.638. The molecule has 1 heterocycles. The van der Waals surface area contributed by atoms with Crippen molar-refractivity contribution in [2.24, 2.45) is 5.92 Å². The number of carbonyl (C=O) groups is 1. The molecule has 1 N–H and O–H groups in total. The van der Waals surface area contributed by atoms with Gasteiger partial charge in [-0.15, -0.1) is 0 Å². The molecule has 0 aromatic carbocycles. The minimum absolute atomic E-state index is 0.00539. The molecule has 0 saturated carbocycles. The van der Waals surface area contributed by atoms with Crippen LogP contribution in [-0.4, -0.2) is 50.5 Å². The first kappa shape index (κ1) is 10.3. The minimum atomic E-state index is -3.40. The van der Waals surface area contributed by atoms with E-state index in [0.29, 0.717) is 13.1 Å². The van der Waals surface area contributed by atoms with Crippen molar-refractivity contribution in [2.45, 2.75) is 0 Å². The second kappa shape index (κ2) is 3.51. The fourth-order valence-electron chi connectivity index (χ4n) is 1.05. The van der Waals surface area contributed by atoms with Gasteiger partial charge < -0.3 is 10.0 Å². The molecule has 1 amide bonds. The van der Waals surface area contributed by atoms with E-state index in [-0.39, 0.29) is 12.5 Å². The fourth-order valence-corrected chi connectivity index (χ4v) is 1.49. The zero-order chi connectivity index (χ0) is 10.1. The number of carboxylic acid groups (broad SMARTS) is 1. The summed E-state index contributed by atoms with van der Waals surface area (Å²) in [6.45, 7) is 0.776. The van der Waals surface area contributed by atoms with Gasteiger partial charge in [0.15, 0.2) is 0 Å². The molecule has 0 atom stereocenters. The molecular formula is C6H11NO5S. The van der Waals surface area contributed by atoms with Gasteiger partial charge in [-0.2, -0.15) is 8.42 Å². The number of hydrogen-bond donors (Lipinski definition) is 1. The summed E-state index contributed by atoms with van der Waals surface area (Å²) in [7, 11) is -3.40. The lowest BCUT2D eigenvalue weighted by Crippen LogP contribution is -2.51. The van der Waals surface area contributed by atoms with Crippen LogP contribution in [0.1, 0.15) is 0 Å². The summed E-state index contributed by atoms with van der Waals surface area (Å²) >= 11 is 0. The molecule has 13 heavy (non-hydrogen) atoms. The number of rotatable bonds is 3. The standard InChI is InChI=1S/C6H11NO5S/c1-13(10,11)12-4-5-2-7(3-5)6(8)9/h5H,2-4H2,1H3,(H,8,9). The van der Waals surface area contributed by atoms with Crippen LogP contribution < -0.4 is 0 Å². The molecule has 0 spiro atoms. The lowest BCUT2D eigenvalue weighted by Gasteiger charge is -2.36. The van der Waals surface area contributed by atoms with Crippen LogP contribution in [0.25, 0.3) is 0 Å². The molecule has 1 fully saturated rings. The Hall–Kier alpha value is -0.820. The second-order valence-corrected chi connectivity index (χ2v) is 4.69. The largest absolute Gasteiger partial charge is 0.465 e. The first-order chi connectivity index (χ1) is 5.88. The molecule has 1 aliphatic rings. The number of likely N-dealkylation sites (tertiary alicyclic amines) is 1. The summed E-state index contributed by atoms with van der Waals surface area (Å²) in [5.41, 5.74) is 0. The predicted molar refractivity (Wildman–Crippen MR) is 43.9 cm³/mol. The van der Waals surface area contributed by atoms with Crippen LogP contribution in [0.5, 0.6) is 0 Å². The topological polar surface area (TPSA) is 83.9 Å². The Morgan fingerprint density at radius 1 is 1.62 bits per heavy atom. The predicted octanol–water partition coefficient (Wildman–Crippen LogP) is -0.428. The molecular weight excluding hydrogens is 198 g/mol. The van der Waals surface area contributed by atoms with E-state index >= 15 is 0 Å². The summed E-state index contributed by atoms with van der Waals surface area (Å²) in [6.07, 6.45) is -0.00344. The monoisotopic (exact) mass is 209 g/mol. The van der Waals surface area contributed by atoms with Crippen LogP contribution >= 0.6 is 0 Å². The van der Waals surface area contributed by atoms with Crippen molar-refractivity contribution >= 4 is 16.2 Å². The zero-order valence-corrected chi connectivity index (χ0v) is 7.95. The molecule has 1 aliphatic heterocycles. The van der Waals surface area contributed by atoms with Crippen molar-refractivity contribution in [3.8, 4) is 0 Å². The molecule has 0 bridgehead atoms. The van der Waals surface area contributed by atoms with Gasteiger partial charge in [0, 0.05) is 19.0 Å². The van der Waals surface area contributed by atoms with Crippen LogP contribution in [0.3, 0.4) is 0 Å². The number of amides is 1. The van der Waals surface area contributed by atoms with E-state index < -0.39 is 16.2 Å². The van der Waals surface area contributed by atoms with Crippen LogP contribution in [0.15, 0.2) is 0 Å². The van der Waals surface area contributed by atoms with E-state index in [4.69, 9.17) is 5.11 Å². The maximum Gasteiger partial charge on any atom is 0.407 e. The van der Waals surface area contributed by atoms with Crippen LogP contribution in [0.4, 0.5) is 4.79 Å². The molecule has 7 heteroatoms. The van der Waals surface area contributed by atoms with Gasteiger partial charge in [-0.1, -0.05) is 0 Å². The van der Waals surface area contributed by atoms with E-state index in [9.17, 15) is 13.2 Å².